The number of hydrogen-bond donors (Lipinski definition) is 0. The van der Waals surface area contributed by atoms with Gasteiger partial charge in [-0.2, -0.15) is 0 Å². The first kappa shape index (κ1) is 128. The second-order valence-corrected chi connectivity index (χ2v) is 52.7. The van der Waals surface area contributed by atoms with Crippen LogP contribution in [0.2, 0.25) is 0 Å². The van der Waals surface area contributed by atoms with Gasteiger partial charge in [-0.3, -0.25) is 0 Å². The van der Waals surface area contributed by atoms with Crippen LogP contribution in [0, 0.1) is 44.6 Å². The van der Waals surface area contributed by atoms with Gasteiger partial charge in [0, 0.05) is 40.5 Å². The van der Waals surface area contributed by atoms with Crippen molar-refractivity contribution in [2.75, 3.05) is 0 Å². The molecule has 0 aliphatic rings. The molecule has 0 fully saturated rings. The summed E-state index contributed by atoms with van der Waals surface area (Å²) in [5.41, 5.74) is 23.9. The summed E-state index contributed by atoms with van der Waals surface area (Å²) in [6, 6.07) is 53.6. The van der Waals surface area contributed by atoms with Gasteiger partial charge in [0.25, 0.3) is 0 Å². The maximum absolute atomic E-state index is 2.49. The van der Waals surface area contributed by atoms with Crippen LogP contribution in [-0.4, -0.2) is 30.9 Å². The van der Waals surface area contributed by atoms with E-state index < -0.39 is 23.8 Å². The minimum absolute atomic E-state index is 0. The molecule has 0 heterocycles. The van der Waals surface area contributed by atoms with Gasteiger partial charge in [-0.25, -0.2) is 0 Å². The van der Waals surface area contributed by atoms with Gasteiger partial charge >= 0.3 is 61.3 Å². The fourth-order valence-electron chi connectivity index (χ4n) is 16.3. The van der Waals surface area contributed by atoms with Crippen molar-refractivity contribution in [1.29, 1.82) is 0 Å². The van der Waals surface area contributed by atoms with E-state index in [-0.39, 0.29) is 137 Å². The number of rotatable bonds is 18. The molecule has 0 amide bonds. The average Bonchev–Trinajstić information content (AvgIpc) is 0.763. The molecular formula is C109H186P3Pd3+3. The molecule has 0 N–H and O–H groups in total. The molecule has 7 aromatic carbocycles. The molecule has 7 aromatic rings. The van der Waals surface area contributed by atoms with Crippen molar-refractivity contribution in [3.05, 3.63) is 240 Å². The maximum atomic E-state index is 2.49. The van der Waals surface area contributed by atoms with E-state index in [4.69, 9.17) is 0 Å². The van der Waals surface area contributed by atoms with Crippen LogP contribution in [0.15, 0.2) is 140 Å². The van der Waals surface area contributed by atoms with Gasteiger partial charge in [-0.05, 0) is 275 Å². The van der Waals surface area contributed by atoms with Gasteiger partial charge in [-0.15, -0.1) is 0 Å². The fourth-order valence-corrected chi connectivity index (χ4v) is 30.1. The van der Waals surface area contributed by atoms with Crippen molar-refractivity contribution in [2.45, 2.75) is 400 Å². The Labute approximate surface area is 767 Å². The molecule has 664 valence electrons. The third-order valence-corrected chi connectivity index (χ3v) is 32.1. The van der Waals surface area contributed by atoms with Crippen LogP contribution in [0.1, 0.15) is 418 Å². The minimum Gasteiger partial charge on any atom is -0.358 e. The predicted molar refractivity (Wildman–Crippen MR) is 540 cm³/mol. The van der Waals surface area contributed by atoms with Gasteiger partial charge in [0.05, 0.1) is 30.9 Å². The zero-order chi connectivity index (χ0) is 81.7. The first-order valence-electron chi connectivity index (χ1n) is 42.2. The summed E-state index contributed by atoms with van der Waals surface area (Å²) in [6.45, 7) is 97.0. The summed E-state index contributed by atoms with van der Waals surface area (Å²) in [6.07, 6.45) is 6.34. The molecule has 0 atom stereocenters. The zero-order valence-electron chi connectivity index (χ0n) is 84.0. The third kappa shape index (κ3) is 38.6. The number of benzene rings is 7. The van der Waals surface area contributed by atoms with Gasteiger partial charge in [0.15, 0.2) is 0 Å². The SMILES string of the molecule is CC(C)c1cc(C(C)C)c(-c2ccccc2[PH+](C(C)(C)C)C(C)(C)C)c(C(C)C)c1.CC(C)c1cc(C(C)C)c(-c2ccccc2[PH+](C(C)(C)C)C(C)(C)C)c(C(C)C)c1.CC(C)c1cc(C(C)C)c(-c2ccccc2[PH+](C(C)(C)C)C(C)(C)C)c(C(C)C)c1.CCC.CCCC.CCCc1ccccc1.[CH3-].[CH3-].[CH3-].[CH3-].[CH3-].[CH3-].[Pd+2].[Pd+2].[Pd+2]. The molecular weight excluding hydrogens is 1720 g/mol. The average molecular weight is 1910 g/mol. The molecule has 7 rings (SSSR count). The summed E-state index contributed by atoms with van der Waals surface area (Å²) >= 11 is 0. The molecule has 6 heteroatoms. The normalized spacial score (nSPS) is 11.5. The van der Waals surface area contributed by atoms with Crippen LogP contribution < -0.4 is 15.9 Å². The monoisotopic (exact) mass is 1910 g/mol. The largest absolute Gasteiger partial charge is 2.00 e. The molecule has 0 radical (unpaired) electrons. The Kier molecular flexibility index (Phi) is 64.0. The van der Waals surface area contributed by atoms with E-state index >= 15 is 0 Å². The Morgan fingerprint density at radius 1 is 0.235 bits per heavy atom. The van der Waals surface area contributed by atoms with Crippen LogP contribution in [0.3, 0.4) is 0 Å². The van der Waals surface area contributed by atoms with E-state index in [9.17, 15) is 0 Å². The van der Waals surface area contributed by atoms with Crippen molar-refractivity contribution in [2.24, 2.45) is 0 Å². The molecule has 0 nitrogen and oxygen atoms in total. The molecule has 0 aliphatic heterocycles. The Balaban J connectivity index is -0.000000218. The Morgan fingerprint density at radius 3 is 0.539 bits per heavy atom. The topological polar surface area (TPSA) is 0 Å². The second-order valence-electron chi connectivity index (χ2n) is 39.8. The molecule has 0 aliphatic carbocycles. The number of unbranched alkanes of at least 4 members (excludes halogenated alkanes) is 1. The van der Waals surface area contributed by atoms with Gasteiger partial charge < -0.3 is 44.6 Å². The van der Waals surface area contributed by atoms with Gasteiger partial charge in [-0.1, -0.05) is 306 Å². The minimum atomic E-state index is -0.840. The maximum Gasteiger partial charge on any atom is 2.00 e. The van der Waals surface area contributed by atoms with Crippen molar-refractivity contribution in [1.82, 2.24) is 0 Å². The number of aryl methyl sites for hydroxylation is 1. The van der Waals surface area contributed by atoms with E-state index in [1.165, 1.54) is 121 Å². The van der Waals surface area contributed by atoms with Crippen molar-refractivity contribution in [3.8, 4) is 33.4 Å². The summed E-state index contributed by atoms with van der Waals surface area (Å²) in [7, 11) is -2.52. The molecule has 115 heavy (non-hydrogen) atoms. The molecule has 0 aromatic heterocycles. The summed E-state index contributed by atoms with van der Waals surface area (Å²) in [5.74, 6) is 4.67. The Morgan fingerprint density at radius 2 is 0.400 bits per heavy atom. The summed E-state index contributed by atoms with van der Waals surface area (Å²) in [4.78, 5) is 0. The smallest absolute Gasteiger partial charge is 0.358 e. The summed E-state index contributed by atoms with van der Waals surface area (Å²) in [5, 5.41) is 6.51. The Hall–Kier alpha value is -2.18. The van der Waals surface area contributed by atoms with Crippen LogP contribution in [0.4, 0.5) is 0 Å². The van der Waals surface area contributed by atoms with Crippen molar-refractivity contribution >= 4 is 39.7 Å². The molecule has 0 unspecified atom stereocenters. The van der Waals surface area contributed by atoms with E-state index in [1.807, 2.05) is 0 Å². The van der Waals surface area contributed by atoms with Gasteiger partial charge in [0.1, 0.15) is 15.9 Å². The quantitative estimate of drug-likeness (QED) is 0.0456. The summed E-state index contributed by atoms with van der Waals surface area (Å²) < 4.78 is 0. The Bertz CT molecular complexity index is 3220. The first-order chi connectivity index (χ1) is 48.7. The van der Waals surface area contributed by atoms with Crippen LogP contribution in [0.5, 0.6) is 0 Å². The van der Waals surface area contributed by atoms with Crippen LogP contribution in [0.25, 0.3) is 33.4 Å². The zero-order valence-corrected chi connectivity index (χ0v) is 91.6. The second kappa shape index (κ2) is 57.3. The predicted octanol–water partition coefficient (Wildman–Crippen LogP) is 36.0. The van der Waals surface area contributed by atoms with E-state index in [1.54, 1.807) is 15.9 Å². The molecule has 0 bridgehead atoms. The molecule has 0 spiro atoms. The van der Waals surface area contributed by atoms with E-state index in [2.05, 4.69) is 423 Å². The molecule has 0 saturated heterocycles. The fraction of sp³-hybridized carbons (Fsp3) is 0.560. The van der Waals surface area contributed by atoms with Crippen LogP contribution >= 0.6 is 23.8 Å². The van der Waals surface area contributed by atoms with Crippen molar-refractivity contribution < 1.29 is 61.3 Å². The van der Waals surface area contributed by atoms with E-state index in [0.717, 1.165) is 0 Å². The van der Waals surface area contributed by atoms with Crippen molar-refractivity contribution in [3.63, 3.8) is 0 Å². The first-order valence-corrected chi connectivity index (χ1v) is 46.7. The number of hydrogen-bond acceptors (Lipinski definition) is 0. The van der Waals surface area contributed by atoms with E-state index in [0.29, 0.717) is 53.3 Å². The van der Waals surface area contributed by atoms with Crippen LogP contribution in [-0.2, 0) is 67.7 Å². The third-order valence-electron chi connectivity index (χ3n) is 20.2. The standard InChI is InChI=1S/3C29H45P.C9H12.C4H10.C3H8.6CH3.3Pd/c3*1-19(2)22-17-24(20(3)4)27(25(18-22)21(5)6)23-15-13-14-16-26(23)30(28(7,8)9)29(10,11)12;1-2-6-9-7-4-3-5-8-9;1-3-4-2;1-3-2;;;;;;;;;/h3*13-21H,1-12H3;3-5,7-8H,2,6H2,1H3;3-4H2,1-2H3;3H2,1-2H3;6*1H3;;;/q;;;;;;6*-1;3*+2/p+3. The molecule has 0 saturated carbocycles. The van der Waals surface area contributed by atoms with Gasteiger partial charge in [0.2, 0.25) is 0 Å².